The number of aromatic nitrogens is 1. The molecular formula is C14H17FN4O3S2. The van der Waals surface area contributed by atoms with Gasteiger partial charge in [0.2, 0.25) is 15.9 Å². The van der Waals surface area contributed by atoms with Crippen LogP contribution >= 0.6 is 11.3 Å². The average molecular weight is 372 g/mol. The molecule has 1 aromatic heterocycles. The van der Waals surface area contributed by atoms with Gasteiger partial charge in [0.05, 0.1) is 17.1 Å². The van der Waals surface area contributed by atoms with E-state index in [2.05, 4.69) is 15.0 Å². The third-order valence-corrected chi connectivity index (χ3v) is 5.26. The lowest BCUT2D eigenvalue weighted by Crippen LogP contribution is -2.37. The molecule has 0 saturated heterocycles. The third kappa shape index (κ3) is 4.98. The van der Waals surface area contributed by atoms with Crippen LogP contribution < -0.4 is 15.8 Å². The molecule has 2 rings (SSSR count). The van der Waals surface area contributed by atoms with E-state index < -0.39 is 28.3 Å². The number of hydrogen-bond acceptors (Lipinski definition) is 6. The molecule has 0 aliphatic rings. The van der Waals surface area contributed by atoms with E-state index in [0.717, 1.165) is 17.8 Å². The second-order valence-corrected chi connectivity index (χ2v) is 7.67. The number of halogens is 1. The third-order valence-electron chi connectivity index (χ3n) is 3.14. The summed E-state index contributed by atoms with van der Waals surface area (Å²) in [6, 6.07) is 3.43. The van der Waals surface area contributed by atoms with Crippen molar-refractivity contribution in [3.05, 3.63) is 40.7 Å². The number of amides is 1. The summed E-state index contributed by atoms with van der Waals surface area (Å²) in [7, 11) is -3.87. The first-order valence-corrected chi connectivity index (χ1v) is 9.36. The Kier molecular flexibility index (Phi) is 5.86. The highest BCUT2D eigenvalue weighted by Crippen LogP contribution is 2.14. The highest BCUT2D eigenvalue weighted by atomic mass is 32.2. The summed E-state index contributed by atoms with van der Waals surface area (Å²) >= 11 is 1.31. The van der Waals surface area contributed by atoms with E-state index in [-0.39, 0.29) is 10.5 Å². The maximum atomic E-state index is 13.2. The number of thiazole rings is 1. The minimum Gasteiger partial charge on any atom is -0.375 e. The fourth-order valence-electron chi connectivity index (χ4n) is 1.86. The Bertz CT molecular complexity index is 836. The van der Waals surface area contributed by atoms with Gasteiger partial charge in [-0.05, 0) is 30.7 Å². The van der Waals surface area contributed by atoms with Crippen LogP contribution in [0, 0.1) is 12.7 Å². The normalized spacial score (nSPS) is 11.4. The first-order chi connectivity index (χ1) is 11.3. The number of nitrogen functional groups attached to an aromatic ring is 1. The van der Waals surface area contributed by atoms with Crippen molar-refractivity contribution in [1.82, 2.24) is 15.0 Å². The van der Waals surface area contributed by atoms with Crippen molar-refractivity contribution < 1.29 is 17.6 Å². The van der Waals surface area contributed by atoms with Crippen LogP contribution in [0.15, 0.2) is 28.5 Å². The molecule has 0 aliphatic heterocycles. The minimum absolute atomic E-state index is 0.0906. The fourth-order valence-corrected chi connectivity index (χ4v) is 3.52. The Morgan fingerprint density at radius 3 is 2.79 bits per heavy atom. The van der Waals surface area contributed by atoms with Crippen LogP contribution in [-0.4, -0.2) is 32.4 Å². The van der Waals surface area contributed by atoms with E-state index in [1.54, 1.807) is 5.38 Å². The van der Waals surface area contributed by atoms with E-state index in [0.29, 0.717) is 18.1 Å². The molecule has 1 amide bonds. The molecule has 7 nitrogen and oxygen atoms in total. The molecule has 0 spiro atoms. The summed E-state index contributed by atoms with van der Waals surface area (Å²) in [4.78, 5) is 15.7. The molecule has 2 aromatic rings. The first kappa shape index (κ1) is 18.3. The Labute approximate surface area is 143 Å². The number of nitrogens with one attached hydrogen (secondary N) is 2. The van der Waals surface area contributed by atoms with Gasteiger partial charge in [0.1, 0.15) is 5.82 Å². The molecule has 1 aromatic carbocycles. The fraction of sp³-hybridized carbons (Fsp3) is 0.286. The molecule has 10 heteroatoms. The zero-order valence-electron chi connectivity index (χ0n) is 12.9. The van der Waals surface area contributed by atoms with Crippen LogP contribution in [0.3, 0.4) is 0 Å². The predicted molar refractivity (Wildman–Crippen MR) is 89.6 cm³/mol. The standard InChI is InChI=1S/C14H17FN4O3S2/c1-9-6-11(2-3-12(9)15)24(21,22)18-7-13(20)17-5-4-10-8-23-14(16)19-10/h2-3,6,8,18H,4-5,7H2,1H3,(H2,16,19)(H,17,20). The van der Waals surface area contributed by atoms with Crippen LogP contribution in [0.25, 0.3) is 0 Å². The number of rotatable bonds is 7. The van der Waals surface area contributed by atoms with E-state index in [4.69, 9.17) is 5.73 Å². The van der Waals surface area contributed by atoms with Gasteiger partial charge in [-0.2, -0.15) is 0 Å². The number of nitrogens with two attached hydrogens (primary N) is 1. The SMILES string of the molecule is Cc1cc(S(=O)(=O)NCC(=O)NCCc2csc(N)n2)ccc1F. The van der Waals surface area contributed by atoms with E-state index in [1.165, 1.54) is 24.3 Å². The lowest BCUT2D eigenvalue weighted by Gasteiger charge is -2.08. The number of nitrogens with zero attached hydrogens (tertiary/aromatic N) is 1. The van der Waals surface area contributed by atoms with Crippen LogP contribution in [0.2, 0.25) is 0 Å². The van der Waals surface area contributed by atoms with Gasteiger partial charge >= 0.3 is 0 Å². The van der Waals surface area contributed by atoms with Gasteiger partial charge in [0, 0.05) is 18.3 Å². The van der Waals surface area contributed by atoms with Gasteiger partial charge in [0.25, 0.3) is 0 Å². The number of sulfonamides is 1. The Morgan fingerprint density at radius 1 is 1.42 bits per heavy atom. The maximum absolute atomic E-state index is 13.2. The molecule has 0 unspecified atom stereocenters. The molecule has 4 N–H and O–H groups in total. The molecule has 0 atom stereocenters. The number of benzene rings is 1. The van der Waals surface area contributed by atoms with Gasteiger partial charge in [-0.15, -0.1) is 11.3 Å². The summed E-state index contributed by atoms with van der Waals surface area (Å²) < 4.78 is 39.5. The van der Waals surface area contributed by atoms with Crippen molar-refractivity contribution in [2.24, 2.45) is 0 Å². The van der Waals surface area contributed by atoms with Gasteiger partial charge in [-0.3, -0.25) is 4.79 Å². The number of carbonyl (C=O) groups is 1. The summed E-state index contributed by atoms with van der Waals surface area (Å²) in [5, 5.41) is 4.83. The molecule has 24 heavy (non-hydrogen) atoms. The predicted octanol–water partition coefficient (Wildman–Crippen LogP) is 0.810. The number of aryl methyl sites for hydroxylation is 1. The molecule has 0 bridgehead atoms. The van der Waals surface area contributed by atoms with Crippen molar-refractivity contribution in [1.29, 1.82) is 0 Å². The molecule has 0 fully saturated rings. The topological polar surface area (TPSA) is 114 Å². The second kappa shape index (κ2) is 7.69. The zero-order valence-corrected chi connectivity index (χ0v) is 14.5. The van der Waals surface area contributed by atoms with Crippen LogP contribution in [0.5, 0.6) is 0 Å². The molecule has 0 radical (unpaired) electrons. The number of anilines is 1. The molecule has 1 heterocycles. The van der Waals surface area contributed by atoms with Gasteiger partial charge in [0.15, 0.2) is 5.13 Å². The van der Waals surface area contributed by atoms with Crippen molar-refractivity contribution >= 4 is 32.4 Å². The largest absolute Gasteiger partial charge is 0.375 e. The van der Waals surface area contributed by atoms with Crippen molar-refractivity contribution in [3.8, 4) is 0 Å². The summed E-state index contributed by atoms with van der Waals surface area (Å²) in [6.07, 6.45) is 0.503. The minimum atomic E-state index is -3.87. The van der Waals surface area contributed by atoms with Gasteiger partial charge in [-0.25, -0.2) is 22.5 Å². The second-order valence-electron chi connectivity index (χ2n) is 5.01. The Hall–Kier alpha value is -2.04. The van der Waals surface area contributed by atoms with Crippen molar-refractivity contribution in [3.63, 3.8) is 0 Å². The quantitative estimate of drug-likeness (QED) is 0.665. The van der Waals surface area contributed by atoms with Crippen LogP contribution in [-0.2, 0) is 21.2 Å². The molecular weight excluding hydrogens is 355 g/mol. The monoisotopic (exact) mass is 372 g/mol. The highest BCUT2D eigenvalue weighted by molar-refractivity contribution is 7.89. The molecule has 130 valence electrons. The van der Waals surface area contributed by atoms with Crippen molar-refractivity contribution in [2.75, 3.05) is 18.8 Å². The summed E-state index contributed by atoms with van der Waals surface area (Å²) in [5.41, 5.74) is 6.48. The van der Waals surface area contributed by atoms with Gasteiger partial charge in [-0.1, -0.05) is 0 Å². The summed E-state index contributed by atoms with van der Waals surface area (Å²) in [5.74, 6) is -0.963. The smallest absolute Gasteiger partial charge is 0.241 e. The lowest BCUT2D eigenvalue weighted by atomic mass is 10.2. The first-order valence-electron chi connectivity index (χ1n) is 7.00. The number of hydrogen-bond donors (Lipinski definition) is 3. The van der Waals surface area contributed by atoms with Crippen LogP contribution in [0.1, 0.15) is 11.3 Å². The number of carbonyl (C=O) groups excluding carboxylic acids is 1. The Morgan fingerprint density at radius 2 is 2.17 bits per heavy atom. The molecule has 0 aliphatic carbocycles. The lowest BCUT2D eigenvalue weighted by molar-refractivity contribution is -0.119. The van der Waals surface area contributed by atoms with E-state index in [1.807, 2.05) is 0 Å². The highest BCUT2D eigenvalue weighted by Gasteiger charge is 2.16. The molecule has 0 saturated carbocycles. The summed E-state index contributed by atoms with van der Waals surface area (Å²) in [6.45, 7) is 1.38. The van der Waals surface area contributed by atoms with Crippen LogP contribution in [0.4, 0.5) is 9.52 Å². The Balaban J connectivity index is 1.82. The van der Waals surface area contributed by atoms with E-state index >= 15 is 0 Å². The van der Waals surface area contributed by atoms with Crippen molar-refractivity contribution in [2.45, 2.75) is 18.2 Å². The van der Waals surface area contributed by atoms with E-state index in [9.17, 15) is 17.6 Å². The average Bonchev–Trinajstić information content (AvgIpc) is 2.93. The zero-order chi connectivity index (χ0) is 17.7. The van der Waals surface area contributed by atoms with Gasteiger partial charge < -0.3 is 11.1 Å². The maximum Gasteiger partial charge on any atom is 0.241 e.